The van der Waals surface area contributed by atoms with E-state index in [9.17, 15) is 0 Å². The lowest BCUT2D eigenvalue weighted by Gasteiger charge is -2.28. The Labute approximate surface area is 181 Å². The highest BCUT2D eigenvalue weighted by Gasteiger charge is 2.19. The fraction of sp³-hybridized carbons (Fsp3) is 0.391. The van der Waals surface area contributed by atoms with Crippen LogP contribution in [-0.2, 0) is 6.42 Å². The van der Waals surface area contributed by atoms with Gasteiger partial charge in [0.2, 0.25) is 5.95 Å². The van der Waals surface area contributed by atoms with Crippen LogP contribution in [0, 0.1) is 0 Å². The molecule has 0 spiro atoms. The molecule has 1 aliphatic rings. The van der Waals surface area contributed by atoms with Crippen molar-refractivity contribution in [1.82, 2.24) is 34.6 Å². The van der Waals surface area contributed by atoms with Gasteiger partial charge in [-0.25, -0.2) is 15.0 Å². The summed E-state index contributed by atoms with van der Waals surface area (Å²) in [6, 6.07) is 4.70. The number of hydrogen-bond acceptors (Lipinski definition) is 6. The van der Waals surface area contributed by atoms with Crippen molar-refractivity contribution in [3.05, 3.63) is 42.6 Å². The smallest absolute Gasteiger partial charge is 0.223 e. The van der Waals surface area contributed by atoms with E-state index >= 15 is 0 Å². The quantitative estimate of drug-likeness (QED) is 0.515. The minimum Gasteiger partial charge on any atom is -0.357 e. The van der Waals surface area contributed by atoms with Crippen LogP contribution in [0.2, 0.25) is 0 Å². The number of hydrogen-bond donors (Lipinski definition) is 2. The van der Waals surface area contributed by atoms with Crippen LogP contribution in [0.4, 0.5) is 5.95 Å². The SMILES string of the molecule is CCc1cc(-c2c[nH]c3ncc(-c4cnn(C5CCN(C)CC5)c4)cc23)nc(NC)n1. The van der Waals surface area contributed by atoms with E-state index < -0.39 is 0 Å². The molecule has 2 N–H and O–H groups in total. The molecule has 4 aromatic rings. The molecule has 8 heteroatoms. The predicted molar refractivity (Wildman–Crippen MR) is 123 cm³/mol. The Morgan fingerprint density at radius 1 is 1.13 bits per heavy atom. The third-order valence-corrected chi connectivity index (χ3v) is 6.17. The number of H-pyrrole nitrogens is 1. The number of aromatic amines is 1. The van der Waals surface area contributed by atoms with Crippen LogP contribution in [0.25, 0.3) is 33.4 Å². The molecule has 31 heavy (non-hydrogen) atoms. The Bertz CT molecular complexity index is 1180. The number of nitrogens with zero attached hydrogens (tertiary/aromatic N) is 6. The van der Waals surface area contributed by atoms with Gasteiger partial charge in [-0.15, -0.1) is 0 Å². The van der Waals surface area contributed by atoms with Gasteiger partial charge in [-0.2, -0.15) is 5.10 Å². The molecule has 5 rings (SSSR count). The summed E-state index contributed by atoms with van der Waals surface area (Å²) in [5.74, 6) is 0.632. The van der Waals surface area contributed by atoms with E-state index in [0.717, 1.165) is 71.5 Å². The molecule has 0 amide bonds. The molecule has 0 bridgehead atoms. The summed E-state index contributed by atoms with van der Waals surface area (Å²) in [5, 5.41) is 8.78. The van der Waals surface area contributed by atoms with Crippen molar-refractivity contribution in [1.29, 1.82) is 0 Å². The first-order chi connectivity index (χ1) is 15.1. The van der Waals surface area contributed by atoms with Gasteiger partial charge in [0.15, 0.2) is 0 Å². The van der Waals surface area contributed by atoms with Gasteiger partial charge in [-0.05, 0) is 51.5 Å². The second-order valence-corrected chi connectivity index (χ2v) is 8.24. The molecule has 0 atom stereocenters. The molecule has 8 nitrogen and oxygen atoms in total. The van der Waals surface area contributed by atoms with Gasteiger partial charge in [-0.1, -0.05) is 6.92 Å². The van der Waals surface area contributed by atoms with Crippen LogP contribution < -0.4 is 5.32 Å². The number of nitrogens with one attached hydrogen (secondary N) is 2. The van der Waals surface area contributed by atoms with Gasteiger partial charge in [0.1, 0.15) is 5.65 Å². The van der Waals surface area contributed by atoms with Crippen molar-refractivity contribution in [3.63, 3.8) is 0 Å². The van der Waals surface area contributed by atoms with Crippen molar-refractivity contribution in [3.8, 4) is 22.4 Å². The van der Waals surface area contributed by atoms with E-state index in [1.807, 2.05) is 31.7 Å². The van der Waals surface area contributed by atoms with Crippen LogP contribution in [-0.4, -0.2) is 61.8 Å². The monoisotopic (exact) mass is 416 g/mol. The van der Waals surface area contributed by atoms with Gasteiger partial charge >= 0.3 is 0 Å². The van der Waals surface area contributed by atoms with Crippen LogP contribution in [0.5, 0.6) is 0 Å². The number of aryl methyl sites for hydroxylation is 1. The zero-order valence-corrected chi connectivity index (χ0v) is 18.3. The third kappa shape index (κ3) is 3.79. The number of aromatic nitrogens is 6. The third-order valence-electron chi connectivity index (χ3n) is 6.17. The Hall–Kier alpha value is -3.26. The van der Waals surface area contributed by atoms with Crippen molar-refractivity contribution < 1.29 is 0 Å². The van der Waals surface area contributed by atoms with Crippen molar-refractivity contribution in [2.75, 3.05) is 32.5 Å². The first kappa shape index (κ1) is 19.7. The number of rotatable bonds is 5. The van der Waals surface area contributed by atoms with Gasteiger partial charge in [0, 0.05) is 53.4 Å². The molecular formula is C23H28N8. The lowest BCUT2D eigenvalue weighted by molar-refractivity contribution is 0.212. The summed E-state index contributed by atoms with van der Waals surface area (Å²) in [4.78, 5) is 19.5. The van der Waals surface area contributed by atoms with E-state index in [0.29, 0.717) is 12.0 Å². The van der Waals surface area contributed by atoms with Crippen LogP contribution in [0.3, 0.4) is 0 Å². The molecular weight excluding hydrogens is 388 g/mol. The average Bonchev–Trinajstić information content (AvgIpc) is 3.46. The lowest BCUT2D eigenvalue weighted by atomic mass is 10.1. The Kier molecular flexibility index (Phi) is 5.15. The molecule has 1 saturated heterocycles. The van der Waals surface area contributed by atoms with Gasteiger partial charge in [-0.3, -0.25) is 4.68 Å². The highest BCUT2D eigenvalue weighted by atomic mass is 15.3. The van der Waals surface area contributed by atoms with Crippen molar-refractivity contribution >= 4 is 17.0 Å². The number of likely N-dealkylation sites (tertiary alicyclic amines) is 1. The molecule has 0 radical (unpaired) electrons. The fourth-order valence-electron chi connectivity index (χ4n) is 4.25. The highest BCUT2D eigenvalue weighted by molar-refractivity contribution is 5.95. The van der Waals surface area contributed by atoms with E-state index in [4.69, 9.17) is 0 Å². The maximum absolute atomic E-state index is 4.68. The predicted octanol–water partition coefficient (Wildman–Crippen LogP) is 3.75. The second-order valence-electron chi connectivity index (χ2n) is 8.24. The summed E-state index contributed by atoms with van der Waals surface area (Å²) in [6.07, 6.45) is 11.1. The van der Waals surface area contributed by atoms with Crippen LogP contribution >= 0.6 is 0 Å². The molecule has 0 saturated carbocycles. The first-order valence-corrected chi connectivity index (χ1v) is 10.9. The van der Waals surface area contributed by atoms with Crippen molar-refractivity contribution in [2.45, 2.75) is 32.2 Å². The molecule has 0 aromatic carbocycles. The molecule has 1 fully saturated rings. The van der Waals surface area contributed by atoms with E-state index in [1.165, 1.54) is 0 Å². The molecule has 5 heterocycles. The summed E-state index contributed by atoms with van der Waals surface area (Å²) < 4.78 is 2.13. The normalized spacial score (nSPS) is 15.6. The summed E-state index contributed by atoms with van der Waals surface area (Å²) in [6.45, 7) is 4.34. The minimum absolute atomic E-state index is 0.470. The fourth-order valence-corrected chi connectivity index (χ4v) is 4.25. The summed E-state index contributed by atoms with van der Waals surface area (Å²) in [7, 11) is 4.02. The summed E-state index contributed by atoms with van der Waals surface area (Å²) in [5.41, 5.74) is 5.93. The topological polar surface area (TPSA) is 87.5 Å². The van der Waals surface area contributed by atoms with E-state index in [-0.39, 0.29) is 0 Å². The van der Waals surface area contributed by atoms with Crippen molar-refractivity contribution in [2.24, 2.45) is 0 Å². The highest BCUT2D eigenvalue weighted by Crippen LogP contribution is 2.31. The molecule has 160 valence electrons. The number of piperidine rings is 1. The van der Waals surface area contributed by atoms with Gasteiger partial charge in [0.25, 0.3) is 0 Å². The zero-order chi connectivity index (χ0) is 21.4. The minimum atomic E-state index is 0.470. The Balaban J connectivity index is 1.50. The standard InChI is InChI=1S/C23H28N8/c1-4-17-10-21(29-23(24-2)28-17)20-13-26-22-19(20)9-15(11-25-22)16-12-27-31(14-16)18-5-7-30(3)8-6-18/h9-14,18H,4-8H2,1-3H3,(H,25,26)(H,24,28,29). The number of fused-ring (bicyclic) bond motifs is 1. The van der Waals surface area contributed by atoms with Gasteiger partial charge < -0.3 is 15.2 Å². The van der Waals surface area contributed by atoms with Crippen LogP contribution in [0.1, 0.15) is 31.5 Å². The Morgan fingerprint density at radius 2 is 1.97 bits per heavy atom. The number of pyridine rings is 1. The van der Waals surface area contributed by atoms with Crippen LogP contribution in [0.15, 0.2) is 36.9 Å². The first-order valence-electron chi connectivity index (χ1n) is 10.9. The zero-order valence-electron chi connectivity index (χ0n) is 18.3. The largest absolute Gasteiger partial charge is 0.357 e. The van der Waals surface area contributed by atoms with E-state index in [1.54, 1.807) is 0 Å². The summed E-state index contributed by atoms with van der Waals surface area (Å²) >= 11 is 0. The maximum Gasteiger partial charge on any atom is 0.223 e. The molecule has 0 aliphatic carbocycles. The maximum atomic E-state index is 4.68. The number of anilines is 1. The molecule has 0 unspecified atom stereocenters. The van der Waals surface area contributed by atoms with E-state index in [2.05, 4.69) is 66.2 Å². The van der Waals surface area contributed by atoms with Gasteiger partial charge in [0.05, 0.1) is 17.9 Å². The second kappa shape index (κ2) is 8.11. The lowest BCUT2D eigenvalue weighted by Crippen LogP contribution is -2.31. The molecule has 1 aliphatic heterocycles. The average molecular weight is 417 g/mol. The Morgan fingerprint density at radius 3 is 2.74 bits per heavy atom. The molecule has 4 aromatic heterocycles.